The van der Waals surface area contributed by atoms with E-state index in [4.69, 9.17) is 21.1 Å². The van der Waals surface area contributed by atoms with Crippen LogP contribution in [0.3, 0.4) is 0 Å². The minimum atomic E-state index is -0.832. The number of carbonyl (C=O) groups excluding carboxylic acids is 1. The Kier molecular flexibility index (Phi) is 4.57. The highest BCUT2D eigenvalue weighted by atomic mass is 35.5. The maximum absolute atomic E-state index is 12.8. The zero-order chi connectivity index (χ0) is 16.4. The predicted octanol–water partition coefficient (Wildman–Crippen LogP) is 3.95. The zero-order valence-corrected chi connectivity index (χ0v) is 13.4. The average molecular weight is 336 g/mol. The SMILES string of the molecule is O=C(O)CCC1CCCCN1C(=O)c1cc2cc(Cl)ccc2o1. The molecule has 1 fully saturated rings. The summed E-state index contributed by atoms with van der Waals surface area (Å²) in [6.45, 7) is 0.640. The maximum Gasteiger partial charge on any atom is 0.303 e. The number of hydrogen-bond acceptors (Lipinski definition) is 3. The minimum Gasteiger partial charge on any atom is -0.481 e. The van der Waals surface area contributed by atoms with Crippen LogP contribution in [0.5, 0.6) is 0 Å². The van der Waals surface area contributed by atoms with E-state index in [0.717, 1.165) is 24.6 Å². The summed E-state index contributed by atoms with van der Waals surface area (Å²) in [7, 11) is 0. The number of amides is 1. The van der Waals surface area contributed by atoms with E-state index in [2.05, 4.69) is 0 Å². The molecule has 5 nitrogen and oxygen atoms in total. The Balaban J connectivity index is 1.81. The van der Waals surface area contributed by atoms with Gasteiger partial charge in [0, 0.05) is 29.4 Å². The van der Waals surface area contributed by atoms with Crippen LogP contribution in [0, 0.1) is 0 Å². The van der Waals surface area contributed by atoms with Gasteiger partial charge in [0.2, 0.25) is 0 Å². The molecule has 1 atom stereocenters. The number of halogens is 1. The second-order valence-electron chi connectivity index (χ2n) is 5.87. The molecule has 1 aromatic carbocycles. The third-order valence-electron chi connectivity index (χ3n) is 4.27. The van der Waals surface area contributed by atoms with E-state index in [9.17, 15) is 9.59 Å². The molecule has 2 aromatic rings. The number of carboxylic acid groups (broad SMARTS) is 1. The van der Waals surface area contributed by atoms with Gasteiger partial charge in [0.25, 0.3) is 5.91 Å². The quantitative estimate of drug-likeness (QED) is 0.918. The highest BCUT2D eigenvalue weighted by Gasteiger charge is 2.29. The minimum absolute atomic E-state index is 0.0378. The lowest BCUT2D eigenvalue weighted by atomic mass is 9.97. The molecule has 0 spiro atoms. The van der Waals surface area contributed by atoms with Crippen LogP contribution in [0.25, 0.3) is 11.0 Å². The van der Waals surface area contributed by atoms with Gasteiger partial charge in [-0.3, -0.25) is 9.59 Å². The monoisotopic (exact) mass is 335 g/mol. The van der Waals surface area contributed by atoms with Gasteiger partial charge >= 0.3 is 5.97 Å². The van der Waals surface area contributed by atoms with Gasteiger partial charge in [0.15, 0.2) is 5.76 Å². The summed E-state index contributed by atoms with van der Waals surface area (Å²) in [6, 6.07) is 6.89. The van der Waals surface area contributed by atoms with Crippen LogP contribution >= 0.6 is 11.6 Å². The van der Waals surface area contributed by atoms with Crippen LogP contribution in [-0.2, 0) is 4.79 Å². The van der Waals surface area contributed by atoms with E-state index < -0.39 is 5.97 Å². The van der Waals surface area contributed by atoms with Crippen molar-refractivity contribution in [3.8, 4) is 0 Å². The van der Waals surface area contributed by atoms with E-state index in [1.54, 1.807) is 29.2 Å². The standard InChI is InChI=1S/C17H18ClNO4/c18-12-4-6-14-11(9-12)10-15(23-14)17(22)19-8-2-1-3-13(19)5-7-16(20)21/h4,6,9-10,13H,1-3,5,7-8H2,(H,20,21). The molecule has 1 aliphatic rings. The van der Waals surface area contributed by atoms with Crippen LogP contribution < -0.4 is 0 Å². The van der Waals surface area contributed by atoms with Crippen LogP contribution in [0.4, 0.5) is 0 Å². The molecule has 23 heavy (non-hydrogen) atoms. The van der Waals surface area contributed by atoms with Gasteiger partial charge < -0.3 is 14.4 Å². The first-order valence-electron chi connectivity index (χ1n) is 7.76. The third-order valence-corrected chi connectivity index (χ3v) is 4.50. The molecule has 0 radical (unpaired) electrons. The van der Waals surface area contributed by atoms with E-state index in [-0.39, 0.29) is 24.1 Å². The molecule has 1 aliphatic heterocycles. The Bertz CT molecular complexity index is 739. The van der Waals surface area contributed by atoms with Gasteiger partial charge in [0.05, 0.1) is 0 Å². The molecule has 1 aromatic heterocycles. The normalized spacial score (nSPS) is 18.3. The Morgan fingerprint density at radius 3 is 2.91 bits per heavy atom. The topological polar surface area (TPSA) is 70.8 Å². The molecule has 1 saturated heterocycles. The van der Waals surface area contributed by atoms with Crippen molar-refractivity contribution < 1.29 is 19.1 Å². The number of furan rings is 1. The van der Waals surface area contributed by atoms with E-state index in [0.29, 0.717) is 23.6 Å². The van der Waals surface area contributed by atoms with Gasteiger partial charge in [-0.2, -0.15) is 0 Å². The second-order valence-corrected chi connectivity index (χ2v) is 6.31. The van der Waals surface area contributed by atoms with Crippen molar-refractivity contribution >= 4 is 34.4 Å². The van der Waals surface area contributed by atoms with Crippen LogP contribution in [0.15, 0.2) is 28.7 Å². The molecule has 0 saturated carbocycles. The summed E-state index contributed by atoms with van der Waals surface area (Å²) in [6.07, 6.45) is 3.34. The van der Waals surface area contributed by atoms with Gasteiger partial charge in [-0.05, 0) is 49.9 Å². The number of piperidine rings is 1. The number of likely N-dealkylation sites (tertiary alicyclic amines) is 1. The average Bonchev–Trinajstić information content (AvgIpc) is 2.95. The Morgan fingerprint density at radius 2 is 2.13 bits per heavy atom. The molecule has 6 heteroatoms. The number of nitrogens with zero attached hydrogens (tertiary/aromatic N) is 1. The van der Waals surface area contributed by atoms with Gasteiger partial charge in [-0.1, -0.05) is 11.6 Å². The predicted molar refractivity (Wildman–Crippen MR) is 86.8 cm³/mol. The first kappa shape index (κ1) is 15.9. The summed E-state index contributed by atoms with van der Waals surface area (Å²) in [5, 5.41) is 10.3. The fourth-order valence-electron chi connectivity index (χ4n) is 3.12. The highest BCUT2D eigenvalue weighted by Crippen LogP contribution is 2.27. The smallest absolute Gasteiger partial charge is 0.303 e. The molecular formula is C17H18ClNO4. The molecular weight excluding hydrogens is 318 g/mol. The number of rotatable bonds is 4. The van der Waals surface area contributed by atoms with E-state index >= 15 is 0 Å². The lowest BCUT2D eigenvalue weighted by Gasteiger charge is -2.35. The lowest BCUT2D eigenvalue weighted by Crippen LogP contribution is -2.43. The summed E-state index contributed by atoms with van der Waals surface area (Å²) in [5.74, 6) is -0.724. The molecule has 0 aliphatic carbocycles. The number of fused-ring (bicyclic) bond motifs is 1. The number of carboxylic acids is 1. The zero-order valence-electron chi connectivity index (χ0n) is 12.6. The Hall–Kier alpha value is -2.01. The maximum atomic E-state index is 12.8. The molecule has 1 amide bonds. The van der Waals surface area contributed by atoms with E-state index in [1.165, 1.54) is 0 Å². The van der Waals surface area contributed by atoms with Crippen LogP contribution in [0.1, 0.15) is 42.7 Å². The summed E-state index contributed by atoms with van der Waals surface area (Å²) >= 11 is 5.96. The number of benzene rings is 1. The van der Waals surface area contributed by atoms with Gasteiger partial charge in [-0.15, -0.1) is 0 Å². The van der Waals surface area contributed by atoms with Gasteiger partial charge in [0.1, 0.15) is 5.58 Å². The van der Waals surface area contributed by atoms with Crippen molar-refractivity contribution in [3.05, 3.63) is 35.0 Å². The largest absolute Gasteiger partial charge is 0.481 e. The first-order chi connectivity index (χ1) is 11.0. The Labute approximate surface area is 138 Å². The van der Waals surface area contributed by atoms with Crippen LogP contribution in [-0.4, -0.2) is 34.5 Å². The molecule has 1 N–H and O–H groups in total. The molecule has 2 heterocycles. The van der Waals surface area contributed by atoms with Crippen molar-refractivity contribution in [2.24, 2.45) is 0 Å². The van der Waals surface area contributed by atoms with Crippen LogP contribution in [0.2, 0.25) is 5.02 Å². The molecule has 3 rings (SSSR count). The number of hydrogen-bond donors (Lipinski definition) is 1. The van der Waals surface area contributed by atoms with Crippen molar-refractivity contribution in [1.29, 1.82) is 0 Å². The fourth-order valence-corrected chi connectivity index (χ4v) is 3.30. The first-order valence-corrected chi connectivity index (χ1v) is 8.14. The van der Waals surface area contributed by atoms with Crippen molar-refractivity contribution in [2.75, 3.05) is 6.54 Å². The Morgan fingerprint density at radius 1 is 1.30 bits per heavy atom. The summed E-state index contributed by atoms with van der Waals surface area (Å²) < 4.78 is 5.65. The number of aliphatic carboxylic acids is 1. The van der Waals surface area contributed by atoms with Crippen molar-refractivity contribution in [2.45, 2.75) is 38.1 Å². The van der Waals surface area contributed by atoms with Crippen molar-refractivity contribution in [3.63, 3.8) is 0 Å². The molecule has 0 bridgehead atoms. The van der Waals surface area contributed by atoms with E-state index in [1.807, 2.05) is 0 Å². The fraction of sp³-hybridized carbons (Fsp3) is 0.412. The molecule has 122 valence electrons. The lowest BCUT2D eigenvalue weighted by molar-refractivity contribution is -0.137. The molecule has 1 unspecified atom stereocenters. The summed E-state index contributed by atoms with van der Waals surface area (Å²) in [4.78, 5) is 25.3. The third kappa shape index (κ3) is 3.50. The number of carbonyl (C=O) groups is 2. The second kappa shape index (κ2) is 6.62. The highest BCUT2D eigenvalue weighted by molar-refractivity contribution is 6.31. The van der Waals surface area contributed by atoms with Gasteiger partial charge in [-0.25, -0.2) is 0 Å². The van der Waals surface area contributed by atoms with Crippen molar-refractivity contribution in [1.82, 2.24) is 4.90 Å². The summed E-state index contributed by atoms with van der Waals surface area (Å²) in [5.41, 5.74) is 0.622.